The van der Waals surface area contributed by atoms with E-state index in [1.807, 2.05) is 0 Å². The van der Waals surface area contributed by atoms with Gasteiger partial charge in [-0.1, -0.05) is 40.9 Å². The number of nitrogens with one attached hydrogen (secondary N) is 2. The molecule has 3 rings (SSSR count). The van der Waals surface area contributed by atoms with Crippen LogP contribution in [0.4, 0.5) is 5.69 Å². The number of carbonyl (C=O) groups is 2. The van der Waals surface area contributed by atoms with E-state index in [2.05, 4.69) is 10.0 Å². The van der Waals surface area contributed by atoms with Crippen LogP contribution in [-0.4, -0.2) is 32.4 Å². The van der Waals surface area contributed by atoms with Crippen LogP contribution in [0.3, 0.4) is 0 Å². The number of esters is 1. The van der Waals surface area contributed by atoms with Gasteiger partial charge in [-0.25, -0.2) is 17.9 Å². The van der Waals surface area contributed by atoms with Gasteiger partial charge >= 0.3 is 5.97 Å². The van der Waals surface area contributed by atoms with Crippen molar-refractivity contribution in [1.82, 2.24) is 4.72 Å². The average molecular weight is 492 g/mol. The van der Waals surface area contributed by atoms with Crippen LogP contribution in [0.5, 0.6) is 0 Å². The Morgan fingerprint density at radius 3 is 2.40 bits per heavy atom. The molecule has 7 nitrogen and oxygen atoms in total. The number of hydrogen-bond acceptors (Lipinski definition) is 5. The van der Waals surface area contributed by atoms with Gasteiger partial charge in [-0.05, 0) is 50.1 Å². The van der Waals surface area contributed by atoms with Crippen molar-refractivity contribution in [3.8, 4) is 0 Å². The van der Waals surface area contributed by atoms with Crippen molar-refractivity contribution in [1.29, 1.82) is 0 Å². The topological polar surface area (TPSA) is 102 Å². The zero-order valence-corrected chi connectivity index (χ0v) is 18.7. The molecule has 0 heterocycles. The monoisotopic (exact) mass is 490 g/mol. The van der Waals surface area contributed by atoms with E-state index in [9.17, 15) is 18.0 Å². The minimum absolute atomic E-state index is 0.000826. The number of amides is 1. The van der Waals surface area contributed by atoms with E-state index in [0.29, 0.717) is 0 Å². The normalized spacial score (nSPS) is 14.8. The zero-order chi connectivity index (χ0) is 22.1. The van der Waals surface area contributed by atoms with E-state index < -0.39 is 28.0 Å². The Kier molecular flexibility index (Phi) is 6.94. The van der Waals surface area contributed by atoms with Gasteiger partial charge in [0, 0.05) is 6.04 Å². The van der Waals surface area contributed by atoms with Crippen LogP contribution >= 0.6 is 34.8 Å². The highest BCUT2D eigenvalue weighted by Gasteiger charge is 2.28. The molecule has 0 bridgehead atoms. The maximum atomic E-state index is 12.4. The molecule has 2 N–H and O–H groups in total. The van der Waals surface area contributed by atoms with Crippen LogP contribution in [0.25, 0.3) is 0 Å². The summed E-state index contributed by atoms with van der Waals surface area (Å²) in [4.78, 5) is 24.7. The number of carbonyl (C=O) groups excluding carboxylic acids is 2. The van der Waals surface area contributed by atoms with Crippen LogP contribution in [-0.2, 0) is 19.6 Å². The van der Waals surface area contributed by atoms with E-state index in [0.717, 1.165) is 12.8 Å². The first kappa shape index (κ1) is 22.8. The van der Waals surface area contributed by atoms with E-state index in [-0.39, 0.29) is 37.3 Å². The van der Waals surface area contributed by atoms with E-state index in [4.69, 9.17) is 39.5 Å². The molecule has 0 aliphatic heterocycles. The van der Waals surface area contributed by atoms with Gasteiger partial charge in [-0.15, -0.1) is 0 Å². The van der Waals surface area contributed by atoms with Gasteiger partial charge in [0.1, 0.15) is 0 Å². The number of ether oxygens (including phenoxy) is 1. The Morgan fingerprint density at radius 2 is 1.73 bits per heavy atom. The first-order valence-corrected chi connectivity index (χ1v) is 11.5. The summed E-state index contributed by atoms with van der Waals surface area (Å²) in [7, 11) is -3.73. The minimum atomic E-state index is -3.73. The Bertz CT molecular complexity index is 1100. The number of hydrogen-bond donors (Lipinski definition) is 2. The van der Waals surface area contributed by atoms with Gasteiger partial charge < -0.3 is 10.1 Å². The lowest BCUT2D eigenvalue weighted by molar-refractivity contribution is -0.123. The molecule has 1 atom stereocenters. The molecule has 0 radical (unpaired) electrons. The quantitative estimate of drug-likeness (QED) is 0.445. The van der Waals surface area contributed by atoms with Crippen molar-refractivity contribution in [2.75, 3.05) is 5.32 Å². The van der Waals surface area contributed by atoms with Gasteiger partial charge in [0.15, 0.2) is 6.10 Å². The molecule has 30 heavy (non-hydrogen) atoms. The van der Waals surface area contributed by atoms with E-state index in [1.54, 1.807) is 0 Å². The molecule has 0 saturated heterocycles. The third-order valence-electron chi connectivity index (χ3n) is 4.20. The predicted octanol–water partition coefficient (Wildman–Crippen LogP) is 4.27. The van der Waals surface area contributed by atoms with E-state index in [1.165, 1.54) is 43.3 Å². The molecular weight excluding hydrogens is 475 g/mol. The first-order valence-electron chi connectivity index (χ1n) is 8.85. The molecule has 1 unspecified atom stereocenters. The van der Waals surface area contributed by atoms with Crippen LogP contribution in [0, 0.1) is 0 Å². The lowest BCUT2D eigenvalue weighted by atomic mass is 10.2. The molecule has 160 valence electrons. The molecule has 0 spiro atoms. The van der Waals surface area contributed by atoms with Crippen molar-refractivity contribution in [2.45, 2.75) is 36.8 Å². The molecule has 2 aromatic carbocycles. The fourth-order valence-electron chi connectivity index (χ4n) is 2.41. The Balaban J connectivity index is 1.67. The molecule has 0 aromatic heterocycles. The molecule has 1 amide bonds. The summed E-state index contributed by atoms with van der Waals surface area (Å²) in [5, 5.41) is 3.09. The third-order valence-corrected chi connectivity index (χ3v) is 6.75. The number of rotatable bonds is 7. The van der Waals surface area contributed by atoms with Gasteiger partial charge in [-0.2, -0.15) is 0 Å². The molecule has 11 heteroatoms. The largest absolute Gasteiger partial charge is 0.449 e. The number of anilines is 1. The lowest BCUT2D eigenvalue weighted by Crippen LogP contribution is -2.30. The SMILES string of the molecule is CC(OC(=O)c1cccc(S(=O)(=O)NC2CC2)c1)C(=O)Nc1cc(Cl)c(Cl)cc1Cl. The predicted molar refractivity (Wildman–Crippen MR) is 115 cm³/mol. The number of sulfonamides is 1. The van der Waals surface area contributed by atoms with Gasteiger partial charge in [0.2, 0.25) is 10.0 Å². The van der Waals surface area contributed by atoms with Gasteiger partial charge in [0.25, 0.3) is 5.91 Å². The Morgan fingerprint density at radius 1 is 1.07 bits per heavy atom. The minimum Gasteiger partial charge on any atom is -0.449 e. The first-order chi connectivity index (χ1) is 14.1. The summed E-state index contributed by atoms with van der Waals surface area (Å²) in [6.07, 6.45) is 0.389. The summed E-state index contributed by atoms with van der Waals surface area (Å²) < 4.78 is 32.3. The van der Waals surface area contributed by atoms with Crippen LogP contribution in [0.15, 0.2) is 41.3 Å². The molecule has 1 aliphatic carbocycles. The van der Waals surface area contributed by atoms with Crippen molar-refractivity contribution >= 4 is 62.4 Å². The molecule has 2 aromatic rings. The highest BCUT2D eigenvalue weighted by atomic mass is 35.5. The second-order valence-electron chi connectivity index (χ2n) is 6.71. The molecule has 1 aliphatic rings. The summed E-state index contributed by atoms with van der Waals surface area (Å²) in [5.74, 6) is -1.50. The Hall–Kier alpha value is -1.84. The summed E-state index contributed by atoms with van der Waals surface area (Å²) >= 11 is 17.8. The molecule has 1 fully saturated rings. The van der Waals surface area contributed by atoms with Crippen molar-refractivity contribution in [3.05, 3.63) is 57.0 Å². The standard InChI is InChI=1S/C19H17Cl3N2O5S/c1-10(18(25)23-17-9-15(21)14(20)8-16(17)22)29-19(26)11-3-2-4-13(7-11)30(27,28)24-12-5-6-12/h2-4,7-10,12,24H,5-6H2,1H3,(H,23,25). The van der Waals surface area contributed by atoms with Crippen LogP contribution in [0.1, 0.15) is 30.1 Å². The highest BCUT2D eigenvalue weighted by Crippen LogP contribution is 2.32. The van der Waals surface area contributed by atoms with Crippen molar-refractivity contribution in [2.24, 2.45) is 0 Å². The number of benzene rings is 2. The van der Waals surface area contributed by atoms with E-state index >= 15 is 0 Å². The van der Waals surface area contributed by atoms with Gasteiger partial charge in [0.05, 0.1) is 31.2 Å². The average Bonchev–Trinajstić information content (AvgIpc) is 3.49. The van der Waals surface area contributed by atoms with Crippen LogP contribution in [0.2, 0.25) is 15.1 Å². The fourth-order valence-corrected chi connectivity index (χ4v) is 4.36. The zero-order valence-electron chi connectivity index (χ0n) is 15.6. The lowest BCUT2D eigenvalue weighted by Gasteiger charge is -2.15. The second-order valence-corrected chi connectivity index (χ2v) is 9.64. The summed E-state index contributed by atoms with van der Waals surface area (Å²) in [5.41, 5.74) is 0.207. The summed E-state index contributed by atoms with van der Waals surface area (Å²) in [6.45, 7) is 1.37. The third kappa shape index (κ3) is 5.65. The number of halogens is 3. The maximum Gasteiger partial charge on any atom is 0.338 e. The van der Waals surface area contributed by atoms with Gasteiger partial charge in [-0.3, -0.25) is 4.79 Å². The Labute approximate surface area is 188 Å². The molecular formula is C19H17Cl3N2O5S. The molecule has 1 saturated carbocycles. The fraction of sp³-hybridized carbons (Fsp3) is 0.263. The smallest absolute Gasteiger partial charge is 0.338 e. The maximum absolute atomic E-state index is 12.4. The van der Waals surface area contributed by atoms with Crippen LogP contribution < -0.4 is 10.0 Å². The summed E-state index contributed by atoms with van der Waals surface area (Å²) in [6, 6.07) is 8.09. The highest BCUT2D eigenvalue weighted by molar-refractivity contribution is 7.89. The van der Waals surface area contributed by atoms with Crippen molar-refractivity contribution in [3.63, 3.8) is 0 Å². The van der Waals surface area contributed by atoms with Crippen molar-refractivity contribution < 1.29 is 22.7 Å². The second kappa shape index (κ2) is 9.11.